The third-order valence-electron chi connectivity index (χ3n) is 2.84. The van der Waals surface area contributed by atoms with Crippen LogP contribution in [0.25, 0.3) is 0 Å². The smallest absolute Gasteiger partial charge is 0.0205 e. The number of rotatable bonds is 5. The molecule has 1 aliphatic rings. The molecule has 2 rings (SSSR count). The van der Waals surface area contributed by atoms with E-state index in [4.69, 9.17) is 0 Å². The second-order valence-corrected chi connectivity index (χ2v) is 4.40. The molecule has 1 heteroatoms. The van der Waals surface area contributed by atoms with Crippen molar-refractivity contribution < 1.29 is 0 Å². The van der Waals surface area contributed by atoms with E-state index >= 15 is 0 Å². The van der Waals surface area contributed by atoms with E-state index in [0.717, 1.165) is 12.5 Å². The lowest BCUT2D eigenvalue weighted by molar-refractivity contribution is 0.613. The van der Waals surface area contributed by atoms with E-state index in [-0.39, 0.29) is 0 Å². The largest absolute Gasteiger partial charge is 0.313 e. The summed E-state index contributed by atoms with van der Waals surface area (Å²) in [5, 5.41) is 3.50. The van der Waals surface area contributed by atoms with Gasteiger partial charge in [0.25, 0.3) is 0 Å². The van der Waals surface area contributed by atoms with Gasteiger partial charge in [-0.2, -0.15) is 0 Å². The molecule has 0 heterocycles. The molecule has 1 aromatic rings. The maximum atomic E-state index is 3.50. The van der Waals surface area contributed by atoms with E-state index in [1.165, 1.54) is 36.9 Å². The Morgan fingerprint density at radius 1 is 1.36 bits per heavy atom. The summed E-state index contributed by atoms with van der Waals surface area (Å²) in [7, 11) is 0. The molecule has 1 saturated carbocycles. The van der Waals surface area contributed by atoms with Gasteiger partial charge < -0.3 is 5.32 Å². The van der Waals surface area contributed by atoms with Gasteiger partial charge in [0.05, 0.1) is 0 Å². The SMILES string of the molecule is Cc1cccc(CNCCC2CC2)c1. The van der Waals surface area contributed by atoms with Crippen molar-refractivity contribution in [1.29, 1.82) is 0 Å². The first-order chi connectivity index (χ1) is 6.84. The molecule has 0 aromatic heterocycles. The minimum Gasteiger partial charge on any atom is -0.313 e. The molecular weight excluding hydrogens is 170 g/mol. The Kier molecular flexibility index (Phi) is 3.20. The first-order valence-corrected chi connectivity index (χ1v) is 5.61. The highest BCUT2D eigenvalue weighted by Crippen LogP contribution is 2.31. The van der Waals surface area contributed by atoms with Gasteiger partial charge in [0.1, 0.15) is 0 Å². The average Bonchev–Trinajstić information content (AvgIpc) is 2.96. The van der Waals surface area contributed by atoms with Crippen LogP contribution in [-0.4, -0.2) is 6.54 Å². The van der Waals surface area contributed by atoms with Crippen LogP contribution in [0.15, 0.2) is 24.3 Å². The number of hydrogen-bond donors (Lipinski definition) is 1. The summed E-state index contributed by atoms with van der Waals surface area (Å²) in [6.45, 7) is 4.35. The summed E-state index contributed by atoms with van der Waals surface area (Å²) in [5.74, 6) is 1.04. The van der Waals surface area contributed by atoms with Gasteiger partial charge in [0.15, 0.2) is 0 Å². The maximum Gasteiger partial charge on any atom is 0.0205 e. The molecule has 0 atom stereocenters. The first kappa shape index (κ1) is 9.72. The molecule has 0 aliphatic heterocycles. The number of benzene rings is 1. The monoisotopic (exact) mass is 189 g/mol. The number of aryl methyl sites for hydroxylation is 1. The van der Waals surface area contributed by atoms with Crippen LogP contribution in [0.2, 0.25) is 0 Å². The first-order valence-electron chi connectivity index (χ1n) is 5.61. The fourth-order valence-electron chi connectivity index (χ4n) is 1.77. The lowest BCUT2D eigenvalue weighted by Crippen LogP contribution is -2.15. The third-order valence-corrected chi connectivity index (χ3v) is 2.84. The molecule has 1 aromatic carbocycles. The van der Waals surface area contributed by atoms with E-state index < -0.39 is 0 Å². The van der Waals surface area contributed by atoms with Gasteiger partial charge in [0.2, 0.25) is 0 Å². The molecule has 1 aliphatic carbocycles. The van der Waals surface area contributed by atoms with Gasteiger partial charge >= 0.3 is 0 Å². The molecule has 0 unspecified atom stereocenters. The van der Waals surface area contributed by atoms with E-state index in [0.29, 0.717) is 0 Å². The quantitative estimate of drug-likeness (QED) is 0.702. The Bertz CT molecular complexity index is 289. The Labute approximate surface area is 86.5 Å². The van der Waals surface area contributed by atoms with E-state index in [1.54, 1.807) is 0 Å². The standard InChI is InChI=1S/C13H19N/c1-11-3-2-4-13(9-11)10-14-8-7-12-5-6-12/h2-4,9,12,14H,5-8,10H2,1H3. The zero-order valence-electron chi connectivity index (χ0n) is 8.92. The van der Waals surface area contributed by atoms with Gasteiger partial charge in [-0.05, 0) is 31.4 Å². The predicted octanol–water partition coefficient (Wildman–Crippen LogP) is 2.88. The molecular formula is C13H19N. The average molecular weight is 189 g/mol. The molecule has 0 bridgehead atoms. The zero-order chi connectivity index (χ0) is 9.80. The molecule has 0 radical (unpaired) electrons. The second kappa shape index (κ2) is 4.61. The van der Waals surface area contributed by atoms with Crippen LogP contribution >= 0.6 is 0 Å². The maximum absolute atomic E-state index is 3.50. The van der Waals surface area contributed by atoms with E-state index in [1.807, 2.05) is 0 Å². The van der Waals surface area contributed by atoms with Crippen LogP contribution in [0.3, 0.4) is 0 Å². The Morgan fingerprint density at radius 2 is 2.21 bits per heavy atom. The Hall–Kier alpha value is -0.820. The molecule has 1 fully saturated rings. The van der Waals surface area contributed by atoms with Crippen LogP contribution in [0.5, 0.6) is 0 Å². The fraction of sp³-hybridized carbons (Fsp3) is 0.538. The van der Waals surface area contributed by atoms with Gasteiger partial charge in [0, 0.05) is 6.54 Å². The predicted molar refractivity (Wildman–Crippen MR) is 60.2 cm³/mol. The van der Waals surface area contributed by atoms with Crippen molar-refractivity contribution in [3.8, 4) is 0 Å². The zero-order valence-corrected chi connectivity index (χ0v) is 8.92. The molecule has 1 nitrogen and oxygen atoms in total. The van der Waals surface area contributed by atoms with Gasteiger partial charge in [-0.25, -0.2) is 0 Å². The minimum absolute atomic E-state index is 1.02. The number of hydrogen-bond acceptors (Lipinski definition) is 1. The topological polar surface area (TPSA) is 12.0 Å². The van der Waals surface area contributed by atoms with Crippen molar-refractivity contribution in [3.63, 3.8) is 0 Å². The Morgan fingerprint density at radius 3 is 2.93 bits per heavy atom. The summed E-state index contributed by atoms with van der Waals surface area (Å²) in [5.41, 5.74) is 2.76. The van der Waals surface area contributed by atoms with Crippen molar-refractivity contribution in [2.45, 2.75) is 32.7 Å². The lowest BCUT2D eigenvalue weighted by Gasteiger charge is -2.04. The summed E-state index contributed by atoms with van der Waals surface area (Å²) in [6, 6.07) is 8.72. The normalized spacial score (nSPS) is 15.8. The summed E-state index contributed by atoms with van der Waals surface area (Å²) < 4.78 is 0. The van der Waals surface area contributed by atoms with Crippen LogP contribution in [0, 0.1) is 12.8 Å². The van der Waals surface area contributed by atoms with Crippen molar-refractivity contribution in [2.75, 3.05) is 6.54 Å². The molecule has 14 heavy (non-hydrogen) atoms. The van der Waals surface area contributed by atoms with Gasteiger partial charge in [-0.1, -0.05) is 42.7 Å². The van der Waals surface area contributed by atoms with Crippen LogP contribution < -0.4 is 5.32 Å². The van der Waals surface area contributed by atoms with E-state index in [2.05, 4.69) is 36.5 Å². The van der Waals surface area contributed by atoms with Crippen molar-refractivity contribution in [2.24, 2.45) is 5.92 Å². The Balaban J connectivity index is 1.68. The highest BCUT2D eigenvalue weighted by molar-refractivity contribution is 5.21. The summed E-state index contributed by atoms with van der Waals surface area (Å²) in [6.07, 6.45) is 4.30. The minimum atomic E-state index is 1.02. The second-order valence-electron chi connectivity index (χ2n) is 4.40. The van der Waals surface area contributed by atoms with Gasteiger partial charge in [-0.15, -0.1) is 0 Å². The highest BCUT2D eigenvalue weighted by Gasteiger charge is 2.19. The fourth-order valence-corrected chi connectivity index (χ4v) is 1.77. The van der Waals surface area contributed by atoms with Crippen molar-refractivity contribution >= 4 is 0 Å². The lowest BCUT2D eigenvalue weighted by atomic mass is 10.1. The van der Waals surface area contributed by atoms with Crippen LogP contribution in [-0.2, 0) is 6.54 Å². The van der Waals surface area contributed by atoms with Crippen LogP contribution in [0.1, 0.15) is 30.4 Å². The molecule has 76 valence electrons. The molecule has 0 amide bonds. The third kappa shape index (κ3) is 3.15. The number of nitrogens with one attached hydrogen (secondary N) is 1. The molecule has 1 N–H and O–H groups in total. The summed E-state index contributed by atoms with van der Waals surface area (Å²) in [4.78, 5) is 0. The summed E-state index contributed by atoms with van der Waals surface area (Å²) >= 11 is 0. The van der Waals surface area contributed by atoms with E-state index in [9.17, 15) is 0 Å². The molecule has 0 spiro atoms. The van der Waals surface area contributed by atoms with Crippen molar-refractivity contribution in [3.05, 3.63) is 35.4 Å². The van der Waals surface area contributed by atoms with Crippen LogP contribution in [0.4, 0.5) is 0 Å². The van der Waals surface area contributed by atoms with Crippen molar-refractivity contribution in [1.82, 2.24) is 5.32 Å². The highest BCUT2D eigenvalue weighted by atomic mass is 14.8. The van der Waals surface area contributed by atoms with Gasteiger partial charge in [-0.3, -0.25) is 0 Å². The molecule has 0 saturated heterocycles.